The summed E-state index contributed by atoms with van der Waals surface area (Å²) in [5.74, 6) is 0.240. The zero-order chi connectivity index (χ0) is 12.8. The van der Waals surface area contributed by atoms with Gasteiger partial charge in [-0.2, -0.15) is 11.8 Å². The van der Waals surface area contributed by atoms with Crippen molar-refractivity contribution in [1.82, 2.24) is 10.6 Å². The van der Waals surface area contributed by atoms with Crippen LogP contribution in [0.3, 0.4) is 0 Å². The van der Waals surface area contributed by atoms with E-state index in [1.807, 2.05) is 13.2 Å². The van der Waals surface area contributed by atoms with Crippen LogP contribution in [0.25, 0.3) is 0 Å². The zero-order valence-electron chi connectivity index (χ0n) is 9.93. The molecule has 0 saturated carbocycles. The second-order valence-electron chi connectivity index (χ2n) is 3.88. The molecule has 0 radical (unpaired) electrons. The topological polar surface area (TPSA) is 78.4 Å². The van der Waals surface area contributed by atoms with E-state index >= 15 is 0 Å². The highest BCUT2D eigenvalue weighted by Crippen LogP contribution is 2.17. The normalized spacial score (nSPS) is 25.5. The molecule has 1 aliphatic heterocycles. The maximum absolute atomic E-state index is 11.8. The molecule has 3 atom stereocenters. The van der Waals surface area contributed by atoms with Crippen molar-refractivity contribution in [2.75, 3.05) is 17.8 Å². The number of rotatable bonds is 6. The molecule has 0 aromatic heterocycles. The number of carbonyl (C=O) groups excluding carboxylic acids is 1. The first-order valence-electron chi connectivity index (χ1n) is 5.44. The minimum atomic E-state index is -0.967. The van der Waals surface area contributed by atoms with E-state index in [4.69, 9.17) is 5.11 Å². The Hall–Kier alpha value is -0.400. The average molecular weight is 278 g/mol. The van der Waals surface area contributed by atoms with Crippen LogP contribution in [0, 0.1) is 0 Å². The lowest BCUT2D eigenvalue weighted by Gasteiger charge is -2.17. The van der Waals surface area contributed by atoms with Gasteiger partial charge < -0.3 is 10.4 Å². The number of hydrogen-bond acceptors (Lipinski definition) is 5. The van der Waals surface area contributed by atoms with Crippen molar-refractivity contribution in [3.8, 4) is 0 Å². The monoisotopic (exact) mass is 278 g/mol. The molecule has 98 valence electrons. The number of amides is 1. The summed E-state index contributed by atoms with van der Waals surface area (Å²) >= 11 is 3.24. The molecule has 0 aliphatic carbocycles. The molecule has 0 aromatic carbocycles. The molecular formula is C10H18N2O3S2. The third-order valence-electron chi connectivity index (χ3n) is 2.49. The lowest BCUT2D eigenvalue weighted by atomic mass is 10.2. The molecule has 3 N–H and O–H groups in total. The van der Waals surface area contributed by atoms with Crippen LogP contribution in [0.2, 0.25) is 0 Å². The summed E-state index contributed by atoms with van der Waals surface area (Å²) in [6.07, 6.45) is 2.37. The quantitative estimate of drug-likeness (QED) is 0.651. The lowest BCUT2D eigenvalue weighted by Crippen LogP contribution is -2.50. The number of carbonyl (C=O) groups is 2. The number of thioether (sulfide) groups is 2. The summed E-state index contributed by atoms with van der Waals surface area (Å²) < 4.78 is 0. The molecule has 17 heavy (non-hydrogen) atoms. The SMILES string of the molecule is CSCC[C@H](NC(=O)C1CSC(C)N1)C(=O)O. The Morgan fingerprint density at radius 2 is 2.35 bits per heavy atom. The fourth-order valence-corrected chi connectivity index (χ4v) is 3.00. The van der Waals surface area contributed by atoms with Crippen LogP contribution >= 0.6 is 23.5 Å². The van der Waals surface area contributed by atoms with Crippen molar-refractivity contribution in [2.24, 2.45) is 0 Å². The third-order valence-corrected chi connectivity index (χ3v) is 4.30. The van der Waals surface area contributed by atoms with E-state index in [-0.39, 0.29) is 17.3 Å². The van der Waals surface area contributed by atoms with Gasteiger partial charge in [0, 0.05) is 5.75 Å². The summed E-state index contributed by atoms with van der Waals surface area (Å²) in [5, 5.41) is 14.9. The van der Waals surface area contributed by atoms with Gasteiger partial charge in [0.2, 0.25) is 5.91 Å². The molecule has 0 aromatic rings. The van der Waals surface area contributed by atoms with E-state index < -0.39 is 12.0 Å². The first kappa shape index (κ1) is 14.7. The van der Waals surface area contributed by atoms with Gasteiger partial charge in [-0.05, 0) is 25.4 Å². The van der Waals surface area contributed by atoms with Gasteiger partial charge in [-0.1, -0.05) is 0 Å². The van der Waals surface area contributed by atoms with Crippen molar-refractivity contribution in [3.05, 3.63) is 0 Å². The Morgan fingerprint density at radius 1 is 1.65 bits per heavy atom. The fourth-order valence-electron chi connectivity index (χ4n) is 1.54. The third kappa shape index (κ3) is 4.77. The molecule has 7 heteroatoms. The minimum absolute atomic E-state index is 0.213. The van der Waals surface area contributed by atoms with Crippen LogP contribution in [0.5, 0.6) is 0 Å². The Balaban J connectivity index is 2.43. The lowest BCUT2D eigenvalue weighted by molar-refractivity contribution is -0.142. The standard InChI is InChI=1S/C10H18N2O3S2/c1-6-11-8(5-17-6)9(13)12-7(10(14)15)3-4-16-2/h6-8,11H,3-5H2,1-2H3,(H,12,13)(H,14,15)/t6?,7-,8?/m0/s1. The van der Waals surface area contributed by atoms with Crippen molar-refractivity contribution in [2.45, 2.75) is 30.8 Å². The molecule has 1 heterocycles. The molecule has 1 rings (SSSR count). The largest absolute Gasteiger partial charge is 0.480 e. The Labute approximate surface area is 109 Å². The maximum atomic E-state index is 11.8. The minimum Gasteiger partial charge on any atom is -0.480 e. The van der Waals surface area contributed by atoms with Crippen LogP contribution in [0.15, 0.2) is 0 Å². The van der Waals surface area contributed by atoms with Crippen molar-refractivity contribution in [3.63, 3.8) is 0 Å². The highest BCUT2D eigenvalue weighted by molar-refractivity contribution is 8.00. The van der Waals surface area contributed by atoms with E-state index in [9.17, 15) is 9.59 Å². The first-order chi connectivity index (χ1) is 8.04. The zero-order valence-corrected chi connectivity index (χ0v) is 11.6. The number of carboxylic acid groups (broad SMARTS) is 1. The molecule has 5 nitrogen and oxygen atoms in total. The Bertz CT molecular complexity index is 289. The van der Waals surface area contributed by atoms with Gasteiger partial charge in [0.1, 0.15) is 6.04 Å². The predicted octanol–water partition coefficient (Wildman–Crippen LogP) is 0.360. The van der Waals surface area contributed by atoms with E-state index in [0.717, 1.165) is 5.75 Å². The number of aliphatic carboxylic acids is 1. The maximum Gasteiger partial charge on any atom is 0.326 e. The van der Waals surface area contributed by atoms with Gasteiger partial charge in [0.05, 0.1) is 11.4 Å². The predicted molar refractivity (Wildman–Crippen MR) is 71.4 cm³/mol. The number of hydrogen-bond donors (Lipinski definition) is 3. The molecule has 1 amide bonds. The van der Waals surface area contributed by atoms with Crippen molar-refractivity contribution >= 4 is 35.4 Å². The first-order valence-corrected chi connectivity index (χ1v) is 7.88. The summed E-state index contributed by atoms with van der Waals surface area (Å²) in [5.41, 5.74) is 0. The van der Waals surface area contributed by atoms with Gasteiger partial charge in [-0.25, -0.2) is 4.79 Å². The molecule has 1 aliphatic rings. The molecule has 1 saturated heterocycles. The van der Waals surface area contributed by atoms with Crippen LogP contribution in [0.1, 0.15) is 13.3 Å². The summed E-state index contributed by atoms with van der Waals surface area (Å²) in [7, 11) is 0. The summed E-state index contributed by atoms with van der Waals surface area (Å²) in [4.78, 5) is 22.8. The van der Waals surface area contributed by atoms with Crippen LogP contribution < -0.4 is 10.6 Å². The highest BCUT2D eigenvalue weighted by atomic mass is 32.2. The van der Waals surface area contributed by atoms with Gasteiger partial charge in [0.25, 0.3) is 0 Å². The second kappa shape index (κ2) is 7.13. The summed E-state index contributed by atoms with van der Waals surface area (Å²) in [6, 6.07) is -1.05. The van der Waals surface area contributed by atoms with E-state index in [1.165, 1.54) is 0 Å². The average Bonchev–Trinajstić information content (AvgIpc) is 2.70. The fraction of sp³-hybridized carbons (Fsp3) is 0.800. The summed E-state index contributed by atoms with van der Waals surface area (Å²) in [6.45, 7) is 1.99. The molecule has 0 spiro atoms. The van der Waals surface area contributed by atoms with E-state index in [2.05, 4.69) is 10.6 Å². The highest BCUT2D eigenvalue weighted by Gasteiger charge is 2.29. The molecule has 1 fully saturated rings. The molecule has 2 unspecified atom stereocenters. The second-order valence-corrected chi connectivity index (χ2v) is 6.24. The van der Waals surface area contributed by atoms with Crippen LogP contribution in [-0.4, -0.2) is 52.2 Å². The molecular weight excluding hydrogens is 260 g/mol. The Morgan fingerprint density at radius 3 is 2.82 bits per heavy atom. The van der Waals surface area contributed by atoms with Gasteiger partial charge in [-0.15, -0.1) is 11.8 Å². The number of nitrogens with one attached hydrogen (secondary N) is 2. The smallest absolute Gasteiger partial charge is 0.326 e. The van der Waals surface area contributed by atoms with Gasteiger partial charge in [-0.3, -0.25) is 10.1 Å². The van der Waals surface area contributed by atoms with Crippen LogP contribution in [-0.2, 0) is 9.59 Å². The van der Waals surface area contributed by atoms with Crippen molar-refractivity contribution < 1.29 is 14.7 Å². The number of carboxylic acids is 1. The van der Waals surface area contributed by atoms with Crippen molar-refractivity contribution in [1.29, 1.82) is 0 Å². The van der Waals surface area contributed by atoms with E-state index in [0.29, 0.717) is 12.2 Å². The van der Waals surface area contributed by atoms with E-state index in [1.54, 1.807) is 23.5 Å². The van der Waals surface area contributed by atoms with Gasteiger partial charge in [0.15, 0.2) is 0 Å². The van der Waals surface area contributed by atoms with Crippen LogP contribution in [0.4, 0.5) is 0 Å². The Kier molecular flexibility index (Phi) is 6.15. The molecule has 0 bridgehead atoms. The van der Waals surface area contributed by atoms with Gasteiger partial charge >= 0.3 is 5.97 Å².